The van der Waals surface area contributed by atoms with E-state index >= 15 is 0 Å². The van der Waals surface area contributed by atoms with Gasteiger partial charge in [-0.1, -0.05) is 11.6 Å². The van der Waals surface area contributed by atoms with E-state index in [2.05, 4.69) is 10.3 Å². The number of amides is 1. The Morgan fingerprint density at radius 1 is 1.65 bits per heavy atom. The highest BCUT2D eigenvalue weighted by Gasteiger charge is 2.22. The first-order valence-electron chi connectivity index (χ1n) is 5.08. The van der Waals surface area contributed by atoms with Crippen molar-refractivity contribution in [2.45, 2.75) is 19.4 Å². The van der Waals surface area contributed by atoms with Crippen LogP contribution in [0.25, 0.3) is 0 Å². The van der Waals surface area contributed by atoms with Crippen LogP contribution >= 0.6 is 11.6 Å². The first kappa shape index (κ1) is 13.7. The van der Waals surface area contributed by atoms with Crippen molar-refractivity contribution in [3.05, 3.63) is 23.0 Å². The third kappa shape index (κ3) is 3.87. The largest absolute Gasteiger partial charge is 0.397 e. The molecule has 1 aromatic heterocycles. The lowest BCUT2D eigenvalue weighted by molar-refractivity contribution is 0.0820. The van der Waals surface area contributed by atoms with Gasteiger partial charge in [-0.05, 0) is 19.9 Å². The van der Waals surface area contributed by atoms with Crippen molar-refractivity contribution in [2.24, 2.45) is 0 Å². The summed E-state index contributed by atoms with van der Waals surface area (Å²) in [5, 5.41) is 3.04. The molecular weight excluding hydrogens is 242 g/mol. The molecule has 1 rings (SSSR count). The highest BCUT2D eigenvalue weighted by atomic mass is 35.5. The van der Waals surface area contributed by atoms with Crippen LogP contribution in [0, 0.1) is 0 Å². The molecule has 0 aliphatic carbocycles. The van der Waals surface area contributed by atoms with Gasteiger partial charge >= 0.3 is 0 Å². The van der Waals surface area contributed by atoms with Gasteiger partial charge in [0.15, 0.2) is 0 Å². The molecule has 0 atom stereocenters. The van der Waals surface area contributed by atoms with Gasteiger partial charge in [0.25, 0.3) is 5.91 Å². The molecule has 0 saturated carbocycles. The Morgan fingerprint density at radius 2 is 2.29 bits per heavy atom. The molecule has 0 aromatic carbocycles. The Hall–Kier alpha value is -1.33. The van der Waals surface area contributed by atoms with E-state index in [1.165, 1.54) is 12.3 Å². The smallest absolute Gasteiger partial charge is 0.254 e. The molecule has 17 heavy (non-hydrogen) atoms. The molecule has 94 valence electrons. The SMILES string of the molecule is COCC(C)(C)NC(=O)c1cc(Cl)ncc1N. The quantitative estimate of drug-likeness (QED) is 0.801. The van der Waals surface area contributed by atoms with Crippen molar-refractivity contribution in [3.63, 3.8) is 0 Å². The van der Waals surface area contributed by atoms with Crippen molar-refractivity contribution in [2.75, 3.05) is 19.5 Å². The molecule has 3 N–H and O–H groups in total. The number of ether oxygens (including phenoxy) is 1. The summed E-state index contributed by atoms with van der Waals surface area (Å²) in [5.41, 5.74) is 5.80. The van der Waals surface area contributed by atoms with E-state index in [4.69, 9.17) is 22.1 Å². The monoisotopic (exact) mass is 257 g/mol. The van der Waals surface area contributed by atoms with Gasteiger partial charge in [-0.3, -0.25) is 4.79 Å². The first-order chi connectivity index (χ1) is 7.85. The van der Waals surface area contributed by atoms with Crippen molar-refractivity contribution >= 4 is 23.2 Å². The molecule has 0 unspecified atom stereocenters. The number of nitrogens with zero attached hydrogens (tertiary/aromatic N) is 1. The zero-order valence-corrected chi connectivity index (χ0v) is 10.8. The Balaban J connectivity index is 2.86. The van der Waals surface area contributed by atoms with Crippen LogP contribution in [-0.2, 0) is 4.74 Å². The van der Waals surface area contributed by atoms with Crippen molar-refractivity contribution in [1.82, 2.24) is 10.3 Å². The third-order valence-electron chi connectivity index (χ3n) is 2.10. The molecule has 0 spiro atoms. The molecular formula is C11H16ClN3O2. The van der Waals surface area contributed by atoms with Gasteiger partial charge in [-0.25, -0.2) is 4.98 Å². The summed E-state index contributed by atoms with van der Waals surface area (Å²) in [5.74, 6) is -0.297. The number of hydrogen-bond donors (Lipinski definition) is 2. The van der Waals surface area contributed by atoms with E-state index in [1.54, 1.807) is 7.11 Å². The van der Waals surface area contributed by atoms with Crippen molar-refractivity contribution in [3.8, 4) is 0 Å². The fraction of sp³-hybridized carbons (Fsp3) is 0.455. The lowest BCUT2D eigenvalue weighted by atomic mass is 10.1. The summed E-state index contributed by atoms with van der Waals surface area (Å²) >= 11 is 5.72. The number of hydrogen-bond acceptors (Lipinski definition) is 4. The minimum Gasteiger partial charge on any atom is -0.397 e. The van der Waals surface area contributed by atoms with Crippen LogP contribution < -0.4 is 11.1 Å². The fourth-order valence-electron chi connectivity index (χ4n) is 1.41. The average molecular weight is 258 g/mol. The molecule has 0 radical (unpaired) electrons. The average Bonchev–Trinajstić information content (AvgIpc) is 2.20. The highest BCUT2D eigenvalue weighted by Crippen LogP contribution is 2.16. The Bertz CT molecular complexity index is 421. The molecule has 1 heterocycles. The van der Waals surface area contributed by atoms with Gasteiger partial charge < -0.3 is 15.8 Å². The minimum atomic E-state index is -0.478. The lowest BCUT2D eigenvalue weighted by Gasteiger charge is -2.25. The maximum atomic E-state index is 12.0. The van der Waals surface area contributed by atoms with Gasteiger partial charge in [0.1, 0.15) is 5.15 Å². The van der Waals surface area contributed by atoms with E-state index in [1.807, 2.05) is 13.8 Å². The molecule has 0 bridgehead atoms. The van der Waals surface area contributed by atoms with E-state index in [0.29, 0.717) is 17.9 Å². The predicted molar refractivity (Wildman–Crippen MR) is 67.1 cm³/mol. The van der Waals surface area contributed by atoms with Crippen LogP contribution in [0.2, 0.25) is 5.15 Å². The van der Waals surface area contributed by atoms with Crippen LogP contribution in [0.15, 0.2) is 12.3 Å². The van der Waals surface area contributed by atoms with Gasteiger partial charge in [0.2, 0.25) is 0 Å². The van der Waals surface area contributed by atoms with Gasteiger partial charge in [0.05, 0.1) is 29.6 Å². The Kier molecular flexibility index (Phi) is 4.31. The molecule has 0 aliphatic heterocycles. The second-order valence-corrected chi connectivity index (χ2v) is 4.75. The standard InChI is InChI=1S/C11H16ClN3O2/c1-11(2,6-17-3)15-10(16)7-4-9(12)14-5-8(7)13/h4-5H,6,13H2,1-3H3,(H,15,16). The number of nitrogen functional groups attached to an aromatic ring is 1. The number of anilines is 1. The number of methoxy groups -OCH3 is 1. The second kappa shape index (κ2) is 5.33. The van der Waals surface area contributed by atoms with E-state index in [-0.39, 0.29) is 11.1 Å². The Morgan fingerprint density at radius 3 is 2.88 bits per heavy atom. The number of rotatable bonds is 4. The summed E-state index contributed by atoms with van der Waals surface area (Å²) in [7, 11) is 1.57. The van der Waals surface area contributed by atoms with Crippen LogP contribution in [0.3, 0.4) is 0 Å². The van der Waals surface area contributed by atoms with Crippen LogP contribution in [0.4, 0.5) is 5.69 Å². The third-order valence-corrected chi connectivity index (χ3v) is 2.31. The van der Waals surface area contributed by atoms with Crippen molar-refractivity contribution in [1.29, 1.82) is 0 Å². The summed E-state index contributed by atoms with van der Waals surface area (Å²) in [6.45, 7) is 4.11. The number of carbonyl (C=O) groups excluding carboxylic acids is 1. The topological polar surface area (TPSA) is 77.2 Å². The van der Waals surface area contributed by atoms with Gasteiger partial charge in [-0.15, -0.1) is 0 Å². The molecule has 0 fully saturated rings. The molecule has 0 aliphatic rings. The number of carbonyl (C=O) groups is 1. The highest BCUT2D eigenvalue weighted by molar-refractivity contribution is 6.29. The summed E-state index contributed by atoms with van der Waals surface area (Å²) < 4.78 is 5.01. The van der Waals surface area contributed by atoms with E-state index in [9.17, 15) is 4.79 Å². The summed E-state index contributed by atoms with van der Waals surface area (Å²) in [4.78, 5) is 15.8. The number of pyridine rings is 1. The van der Waals surface area contributed by atoms with Gasteiger partial charge in [-0.2, -0.15) is 0 Å². The van der Waals surface area contributed by atoms with Crippen LogP contribution in [-0.4, -0.2) is 30.1 Å². The maximum absolute atomic E-state index is 12.0. The number of aromatic nitrogens is 1. The second-order valence-electron chi connectivity index (χ2n) is 4.37. The zero-order valence-electron chi connectivity index (χ0n) is 10.1. The Labute approximate surface area is 105 Å². The molecule has 6 heteroatoms. The number of halogens is 1. The predicted octanol–water partition coefficient (Wildman–Crippen LogP) is 1.47. The zero-order chi connectivity index (χ0) is 13.1. The van der Waals surface area contributed by atoms with Crippen LogP contribution in [0.1, 0.15) is 24.2 Å². The lowest BCUT2D eigenvalue weighted by Crippen LogP contribution is -2.46. The number of nitrogens with two attached hydrogens (primary N) is 1. The summed E-state index contributed by atoms with van der Waals surface area (Å²) in [6, 6.07) is 1.44. The van der Waals surface area contributed by atoms with Gasteiger partial charge in [0, 0.05) is 7.11 Å². The normalized spacial score (nSPS) is 11.3. The molecule has 0 saturated heterocycles. The molecule has 1 amide bonds. The molecule has 5 nitrogen and oxygen atoms in total. The minimum absolute atomic E-state index is 0.230. The van der Waals surface area contributed by atoms with E-state index in [0.717, 1.165) is 0 Å². The van der Waals surface area contributed by atoms with E-state index < -0.39 is 5.54 Å². The number of nitrogens with one attached hydrogen (secondary N) is 1. The van der Waals surface area contributed by atoms with Crippen LogP contribution in [0.5, 0.6) is 0 Å². The maximum Gasteiger partial charge on any atom is 0.254 e. The van der Waals surface area contributed by atoms with Crippen molar-refractivity contribution < 1.29 is 9.53 Å². The first-order valence-corrected chi connectivity index (χ1v) is 5.46. The fourth-order valence-corrected chi connectivity index (χ4v) is 1.57. The molecule has 1 aromatic rings. The summed E-state index contributed by atoms with van der Waals surface area (Å²) in [6.07, 6.45) is 1.36.